The van der Waals surface area contributed by atoms with Crippen LogP contribution in [0.2, 0.25) is 0 Å². The predicted molar refractivity (Wildman–Crippen MR) is 145 cm³/mol. The molecule has 3 N–H and O–H groups in total. The Bertz CT molecular complexity index is 1540. The fraction of sp³-hybridized carbons (Fsp3) is 0.207. The number of imidazole rings is 1. The maximum absolute atomic E-state index is 13.4. The molecule has 8 nitrogen and oxygen atoms in total. The van der Waals surface area contributed by atoms with Gasteiger partial charge in [-0.15, -0.1) is 0 Å². The van der Waals surface area contributed by atoms with E-state index in [1.54, 1.807) is 18.5 Å². The van der Waals surface area contributed by atoms with E-state index in [0.717, 1.165) is 28.4 Å². The average molecular weight is 496 g/mol. The molecular formula is C29H29N5O3. The number of aryl methyl sites for hydroxylation is 2. The van der Waals surface area contributed by atoms with Crippen molar-refractivity contribution >= 4 is 39.4 Å². The third kappa shape index (κ3) is 5.54. The fourth-order valence-corrected chi connectivity index (χ4v) is 4.59. The SMILES string of the molecule is COCC(=O)Nc1cc(C(=O)NCCc2c[nH]c3ccccc23)c2c(c1)ncn2CCc1ccccc1. The zero-order valence-electron chi connectivity index (χ0n) is 20.7. The smallest absolute Gasteiger partial charge is 0.253 e. The van der Waals surface area contributed by atoms with Gasteiger partial charge in [-0.05, 0) is 42.2 Å². The number of nitrogens with zero attached hydrogens (tertiary/aromatic N) is 2. The molecule has 0 aliphatic carbocycles. The molecule has 2 aromatic heterocycles. The van der Waals surface area contributed by atoms with Crippen molar-refractivity contribution in [2.24, 2.45) is 0 Å². The number of ether oxygens (including phenoxy) is 1. The van der Waals surface area contributed by atoms with Crippen LogP contribution < -0.4 is 10.6 Å². The number of H-pyrrole nitrogens is 1. The van der Waals surface area contributed by atoms with Crippen LogP contribution in [0.4, 0.5) is 5.69 Å². The van der Waals surface area contributed by atoms with E-state index in [0.29, 0.717) is 36.3 Å². The summed E-state index contributed by atoms with van der Waals surface area (Å²) in [5, 5.41) is 7.01. The van der Waals surface area contributed by atoms with Crippen molar-refractivity contribution < 1.29 is 14.3 Å². The number of anilines is 1. The summed E-state index contributed by atoms with van der Waals surface area (Å²) in [5.41, 5.74) is 5.79. The molecule has 0 radical (unpaired) electrons. The summed E-state index contributed by atoms with van der Waals surface area (Å²) in [4.78, 5) is 33.4. The monoisotopic (exact) mass is 495 g/mol. The lowest BCUT2D eigenvalue weighted by atomic mass is 10.1. The number of aromatic amines is 1. The van der Waals surface area contributed by atoms with E-state index >= 15 is 0 Å². The number of para-hydroxylation sites is 1. The molecule has 0 saturated heterocycles. The fourth-order valence-electron chi connectivity index (χ4n) is 4.59. The number of carbonyl (C=O) groups is 2. The minimum absolute atomic E-state index is 0.0737. The topological polar surface area (TPSA) is 101 Å². The van der Waals surface area contributed by atoms with E-state index in [1.807, 2.05) is 47.2 Å². The Morgan fingerprint density at radius 1 is 1.03 bits per heavy atom. The van der Waals surface area contributed by atoms with Gasteiger partial charge in [0, 0.05) is 43.0 Å². The van der Waals surface area contributed by atoms with Crippen molar-refractivity contribution in [1.82, 2.24) is 19.9 Å². The predicted octanol–water partition coefficient (Wildman–Crippen LogP) is 4.32. The molecule has 8 heteroatoms. The standard InChI is InChI=1S/C29H29N5O3/c1-37-18-27(35)33-22-15-24(29(36)30-13-11-21-17-31-25-10-6-5-9-23(21)25)28-26(16-22)32-19-34(28)14-12-20-7-3-2-4-8-20/h2-10,15-17,19,31H,11-14,18H2,1H3,(H,30,36)(H,33,35). The molecule has 5 aromatic rings. The zero-order valence-corrected chi connectivity index (χ0v) is 20.7. The molecule has 5 rings (SSSR count). The molecule has 0 saturated carbocycles. The summed E-state index contributed by atoms with van der Waals surface area (Å²) in [5.74, 6) is -0.509. The molecule has 0 fully saturated rings. The van der Waals surface area contributed by atoms with Gasteiger partial charge in [0.2, 0.25) is 5.91 Å². The Labute approximate surface area is 214 Å². The van der Waals surface area contributed by atoms with Gasteiger partial charge < -0.3 is 24.9 Å². The number of benzene rings is 3. The highest BCUT2D eigenvalue weighted by atomic mass is 16.5. The summed E-state index contributed by atoms with van der Waals surface area (Å²) < 4.78 is 6.92. The quantitative estimate of drug-likeness (QED) is 0.269. The highest BCUT2D eigenvalue weighted by Crippen LogP contribution is 2.25. The molecule has 0 aliphatic rings. The second-order valence-electron chi connectivity index (χ2n) is 8.91. The first kappa shape index (κ1) is 24.3. The van der Waals surface area contributed by atoms with Crippen molar-refractivity contribution in [3.8, 4) is 0 Å². The number of methoxy groups -OCH3 is 1. The van der Waals surface area contributed by atoms with E-state index in [4.69, 9.17) is 4.74 Å². The zero-order chi connectivity index (χ0) is 25.6. The summed E-state index contributed by atoms with van der Waals surface area (Å²) in [6.07, 6.45) is 5.23. The Hall–Kier alpha value is -4.43. The Morgan fingerprint density at radius 2 is 1.84 bits per heavy atom. The van der Waals surface area contributed by atoms with Crippen molar-refractivity contribution in [3.05, 3.63) is 95.9 Å². The van der Waals surface area contributed by atoms with E-state index in [-0.39, 0.29) is 18.4 Å². The van der Waals surface area contributed by atoms with Crippen LogP contribution in [-0.2, 0) is 28.9 Å². The van der Waals surface area contributed by atoms with Gasteiger partial charge in [-0.25, -0.2) is 4.98 Å². The molecule has 37 heavy (non-hydrogen) atoms. The lowest BCUT2D eigenvalue weighted by molar-refractivity contribution is -0.119. The van der Waals surface area contributed by atoms with Gasteiger partial charge in [0.1, 0.15) is 6.61 Å². The molecule has 0 spiro atoms. The lowest BCUT2D eigenvalue weighted by Crippen LogP contribution is -2.26. The van der Waals surface area contributed by atoms with Crippen LogP contribution in [0.25, 0.3) is 21.9 Å². The van der Waals surface area contributed by atoms with Gasteiger partial charge in [0.25, 0.3) is 5.91 Å². The van der Waals surface area contributed by atoms with Crippen molar-refractivity contribution in [2.75, 3.05) is 25.6 Å². The van der Waals surface area contributed by atoms with Gasteiger partial charge in [0.05, 0.1) is 22.9 Å². The number of aromatic nitrogens is 3. The Morgan fingerprint density at radius 3 is 2.68 bits per heavy atom. The third-order valence-electron chi connectivity index (χ3n) is 6.36. The average Bonchev–Trinajstić information content (AvgIpc) is 3.52. The minimum Gasteiger partial charge on any atom is -0.375 e. The first-order valence-corrected chi connectivity index (χ1v) is 12.3. The molecule has 0 aliphatic heterocycles. The maximum atomic E-state index is 13.4. The Balaban J connectivity index is 1.39. The van der Waals surface area contributed by atoms with Gasteiger partial charge in [0.15, 0.2) is 0 Å². The molecular weight excluding hydrogens is 466 g/mol. The number of amides is 2. The highest BCUT2D eigenvalue weighted by molar-refractivity contribution is 6.07. The second-order valence-corrected chi connectivity index (χ2v) is 8.91. The number of nitrogens with one attached hydrogen (secondary N) is 3. The van der Waals surface area contributed by atoms with Crippen LogP contribution in [0.1, 0.15) is 21.5 Å². The molecule has 2 amide bonds. The van der Waals surface area contributed by atoms with E-state index in [1.165, 1.54) is 12.7 Å². The van der Waals surface area contributed by atoms with Gasteiger partial charge in [-0.1, -0.05) is 48.5 Å². The number of rotatable bonds is 10. The maximum Gasteiger partial charge on any atom is 0.253 e. The summed E-state index contributed by atoms with van der Waals surface area (Å²) in [6.45, 7) is 1.07. The Kier molecular flexibility index (Phi) is 7.28. The first-order chi connectivity index (χ1) is 18.1. The molecule has 188 valence electrons. The number of hydrogen-bond donors (Lipinski definition) is 3. The third-order valence-corrected chi connectivity index (χ3v) is 6.36. The van der Waals surface area contributed by atoms with E-state index in [9.17, 15) is 9.59 Å². The van der Waals surface area contributed by atoms with Gasteiger partial charge in [-0.3, -0.25) is 9.59 Å². The van der Waals surface area contributed by atoms with Crippen molar-refractivity contribution in [1.29, 1.82) is 0 Å². The van der Waals surface area contributed by atoms with Gasteiger partial charge >= 0.3 is 0 Å². The molecule has 3 aromatic carbocycles. The van der Waals surface area contributed by atoms with Crippen LogP contribution in [0.3, 0.4) is 0 Å². The van der Waals surface area contributed by atoms with E-state index < -0.39 is 0 Å². The minimum atomic E-state index is -0.295. The number of carbonyl (C=O) groups excluding carboxylic acids is 2. The van der Waals surface area contributed by atoms with Crippen LogP contribution in [0, 0.1) is 0 Å². The van der Waals surface area contributed by atoms with Crippen molar-refractivity contribution in [2.45, 2.75) is 19.4 Å². The van der Waals surface area contributed by atoms with Crippen LogP contribution in [0.5, 0.6) is 0 Å². The van der Waals surface area contributed by atoms with Crippen LogP contribution >= 0.6 is 0 Å². The first-order valence-electron chi connectivity index (χ1n) is 12.3. The molecule has 0 atom stereocenters. The summed E-state index contributed by atoms with van der Waals surface area (Å²) in [7, 11) is 1.46. The van der Waals surface area contributed by atoms with Crippen molar-refractivity contribution in [3.63, 3.8) is 0 Å². The van der Waals surface area contributed by atoms with Gasteiger partial charge in [-0.2, -0.15) is 0 Å². The normalized spacial score (nSPS) is 11.2. The van der Waals surface area contributed by atoms with E-state index in [2.05, 4.69) is 38.8 Å². The number of fused-ring (bicyclic) bond motifs is 2. The largest absolute Gasteiger partial charge is 0.375 e. The molecule has 2 heterocycles. The van der Waals surface area contributed by atoms with Crippen LogP contribution in [-0.4, -0.2) is 46.6 Å². The molecule has 0 bridgehead atoms. The second kappa shape index (κ2) is 11.1. The lowest BCUT2D eigenvalue weighted by Gasteiger charge is -2.12. The van der Waals surface area contributed by atoms with Crippen LogP contribution in [0.15, 0.2) is 79.3 Å². The number of hydrogen-bond acceptors (Lipinski definition) is 4. The highest BCUT2D eigenvalue weighted by Gasteiger charge is 2.18. The molecule has 0 unspecified atom stereocenters. The summed E-state index contributed by atoms with van der Waals surface area (Å²) in [6, 6.07) is 21.8. The summed E-state index contributed by atoms with van der Waals surface area (Å²) >= 11 is 0.